The summed E-state index contributed by atoms with van der Waals surface area (Å²) in [5, 5.41) is 4.25. The van der Waals surface area contributed by atoms with Crippen LogP contribution in [0, 0.1) is 5.92 Å². The molecule has 0 amide bonds. The monoisotopic (exact) mass is 393 g/mol. The van der Waals surface area contributed by atoms with E-state index in [1.807, 2.05) is 32.3 Å². The number of nitrogens with one attached hydrogen (secondary N) is 1. The van der Waals surface area contributed by atoms with Crippen LogP contribution in [0.2, 0.25) is 5.02 Å². The summed E-state index contributed by atoms with van der Waals surface area (Å²) in [6.45, 7) is 3.06. The molecule has 3 nitrogen and oxygen atoms in total. The van der Waals surface area contributed by atoms with Crippen molar-refractivity contribution in [2.24, 2.45) is 10.9 Å². The molecule has 2 rings (SSSR count). The van der Waals surface area contributed by atoms with E-state index in [1.165, 1.54) is 12.0 Å². The van der Waals surface area contributed by atoms with Gasteiger partial charge in [0.05, 0.1) is 0 Å². The van der Waals surface area contributed by atoms with Crippen LogP contribution in [0.5, 0.6) is 0 Å². The van der Waals surface area contributed by atoms with Gasteiger partial charge in [-0.15, -0.1) is 24.0 Å². The van der Waals surface area contributed by atoms with E-state index < -0.39 is 0 Å². The fraction of sp³-hybridized carbons (Fsp3) is 0.500. The molecular formula is C14H21ClIN3. The molecule has 0 spiro atoms. The molecule has 1 aliphatic carbocycles. The zero-order chi connectivity index (χ0) is 13.1. The molecule has 2 atom stereocenters. The highest BCUT2D eigenvalue weighted by Crippen LogP contribution is 2.29. The first kappa shape index (κ1) is 16.6. The van der Waals surface area contributed by atoms with Crippen molar-refractivity contribution < 1.29 is 0 Å². The molecule has 1 aromatic rings. The molecule has 0 radical (unpaired) electrons. The van der Waals surface area contributed by atoms with E-state index in [1.54, 1.807) is 0 Å². The summed E-state index contributed by atoms with van der Waals surface area (Å²) in [6.07, 6.45) is 1.24. The van der Waals surface area contributed by atoms with Crippen molar-refractivity contribution in [3.8, 4) is 0 Å². The van der Waals surface area contributed by atoms with Gasteiger partial charge < -0.3 is 10.2 Å². The van der Waals surface area contributed by atoms with Gasteiger partial charge in [-0.05, 0) is 30.0 Å². The summed E-state index contributed by atoms with van der Waals surface area (Å²) < 4.78 is 0. The number of guanidine groups is 1. The quantitative estimate of drug-likeness (QED) is 0.484. The summed E-state index contributed by atoms with van der Waals surface area (Å²) in [4.78, 5) is 6.44. The van der Waals surface area contributed by atoms with E-state index in [-0.39, 0.29) is 24.0 Å². The van der Waals surface area contributed by atoms with Gasteiger partial charge in [-0.1, -0.05) is 30.7 Å². The Morgan fingerprint density at radius 1 is 1.53 bits per heavy atom. The van der Waals surface area contributed by atoms with Crippen molar-refractivity contribution in [3.63, 3.8) is 0 Å². The lowest BCUT2D eigenvalue weighted by molar-refractivity contribution is 0.474. The topological polar surface area (TPSA) is 27.6 Å². The van der Waals surface area contributed by atoms with E-state index in [0.717, 1.165) is 23.4 Å². The van der Waals surface area contributed by atoms with Crippen molar-refractivity contribution in [3.05, 3.63) is 34.9 Å². The fourth-order valence-electron chi connectivity index (χ4n) is 2.02. The molecule has 0 bridgehead atoms. The Kier molecular flexibility index (Phi) is 6.39. The van der Waals surface area contributed by atoms with E-state index in [4.69, 9.17) is 11.6 Å². The molecule has 1 saturated carbocycles. The zero-order valence-corrected chi connectivity index (χ0v) is 14.6. The third-order valence-corrected chi connectivity index (χ3v) is 3.54. The number of hydrogen-bond donors (Lipinski definition) is 1. The van der Waals surface area contributed by atoms with Gasteiger partial charge >= 0.3 is 0 Å². The van der Waals surface area contributed by atoms with Crippen LogP contribution in [0.4, 0.5) is 0 Å². The number of nitrogens with zero attached hydrogens (tertiary/aromatic N) is 2. The molecule has 1 aliphatic rings. The van der Waals surface area contributed by atoms with Gasteiger partial charge in [-0.3, -0.25) is 4.99 Å². The van der Waals surface area contributed by atoms with E-state index in [2.05, 4.69) is 28.2 Å². The largest absolute Gasteiger partial charge is 0.353 e. The minimum absolute atomic E-state index is 0. The minimum Gasteiger partial charge on any atom is -0.353 e. The Labute approximate surface area is 137 Å². The number of rotatable bonds is 3. The number of hydrogen-bond acceptors (Lipinski definition) is 1. The lowest BCUT2D eigenvalue weighted by atomic mass is 10.2. The van der Waals surface area contributed by atoms with Crippen LogP contribution in [0.25, 0.3) is 0 Å². The smallest absolute Gasteiger partial charge is 0.193 e. The molecule has 5 heteroatoms. The molecule has 0 saturated heterocycles. The van der Waals surface area contributed by atoms with Crippen LogP contribution in [-0.4, -0.2) is 31.0 Å². The predicted octanol–water partition coefficient (Wildman–Crippen LogP) is 3.37. The fourth-order valence-corrected chi connectivity index (χ4v) is 2.23. The molecule has 0 aromatic heterocycles. The Balaban J connectivity index is 0.00000180. The van der Waals surface area contributed by atoms with Crippen molar-refractivity contribution >= 4 is 41.5 Å². The lowest BCUT2D eigenvalue weighted by Gasteiger charge is -2.22. The average molecular weight is 394 g/mol. The van der Waals surface area contributed by atoms with Gasteiger partial charge in [-0.2, -0.15) is 0 Å². The highest BCUT2D eigenvalue weighted by molar-refractivity contribution is 14.0. The van der Waals surface area contributed by atoms with Crippen LogP contribution < -0.4 is 5.32 Å². The molecule has 1 N–H and O–H groups in total. The molecule has 1 fully saturated rings. The van der Waals surface area contributed by atoms with Crippen LogP contribution in [-0.2, 0) is 6.54 Å². The Hall–Kier alpha value is -0.490. The molecular weight excluding hydrogens is 373 g/mol. The van der Waals surface area contributed by atoms with Crippen molar-refractivity contribution in [1.29, 1.82) is 0 Å². The van der Waals surface area contributed by atoms with Crippen molar-refractivity contribution in [2.45, 2.75) is 25.9 Å². The number of halogens is 2. The van der Waals surface area contributed by atoms with Crippen LogP contribution in [0.3, 0.4) is 0 Å². The second-order valence-corrected chi connectivity index (χ2v) is 5.43. The highest BCUT2D eigenvalue weighted by atomic mass is 127. The first-order valence-corrected chi connectivity index (χ1v) is 6.67. The van der Waals surface area contributed by atoms with Crippen LogP contribution in [0.15, 0.2) is 29.3 Å². The molecule has 0 aliphatic heterocycles. The minimum atomic E-state index is 0. The third kappa shape index (κ3) is 4.84. The molecule has 19 heavy (non-hydrogen) atoms. The average Bonchev–Trinajstić information content (AvgIpc) is 3.02. The second kappa shape index (κ2) is 7.33. The first-order chi connectivity index (χ1) is 8.60. The predicted molar refractivity (Wildman–Crippen MR) is 92.4 cm³/mol. The number of aliphatic imine (C=N–C) groups is 1. The van der Waals surface area contributed by atoms with E-state index >= 15 is 0 Å². The zero-order valence-electron chi connectivity index (χ0n) is 11.6. The first-order valence-electron chi connectivity index (χ1n) is 6.29. The molecule has 106 valence electrons. The van der Waals surface area contributed by atoms with Gasteiger partial charge in [-0.25, -0.2) is 0 Å². The van der Waals surface area contributed by atoms with Gasteiger partial charge in [0.1, 0.15) is 0 Å². The summed E-state index contributed by atoms with van der Waals surface area (Å²) in [7, 11) is 3.87. The maximum atomic E-state index is 5.99. The summed E-state index contributed by atoms with van der Waals surface area (Å²) in [5.74, 6) is 1.71. The van der Waals surface area contributed by atoms with Crippen molar-refractivity contribution in [1.82, 2.24) is 10.2 Å². The van der Waals surface area contributed by atoms with E-state index in [9.17, 15) is 0 Å². The van der Waals surface area contributed by atoms with Crippen LogP contribution in [0.1, 0.15) is 18.9 Å². The molecule has 1 aromatic carbocycles. The number of benzene rings is 1. The SMILES string of the molecule is CN=C(NC1CC1C)N(C)Cc1cccc(Cl)c1.I. The lowest BCUT2D eigenvalue weighted by Crippen LogP contribution is -2.40. The van der Waals surface area contributed by atoms with Gasteiger partial charge in [0.2, 0.25) is 0 Å². The Morgan fingerprint density at radius 3 is 2.74 bits per heavy atom. The standard InChI is InChI=1S/C14H20ClN3.HI/c1-10-7-13(10)17-14(16-2)18(3)9-11-5-4-6-12(15)8-11;/h4-6,8,10,13H,7,9H2,1-3H3,(H,16,17);1H. The van der Waals surface area contributed by atoms with Crippen molar-refractivity contribution in [2.75, 3.05) is 14.1 Å². The Bertz CT molecular complexity index is 450. The Morgan fingerprint density at radius 2 is 2.21 bits per heavy atom. The van der Waals surface area contributed by atoms with Gasteiger partial charge in [0.15, 0.2) is 5.96 Å². The maximum Gasteiger partial charge on any atom is 0.193 e. The third-order valence-electron chi connectivity index (χ3n) is 3.31. The molecule has 2 unspecified atom stereocenters. The summed E-state index contributed by atoms with van der Waals surface area (Å²) in [6, 6.07) is 8.53. The highest BCUT2D eigenvalue weighted by Gasteiger charge is 2.33. The van der Waals surface area contributed by atoms with Gasteiger partial charge in [0, 0.05) is 31.7 Å². The normalized spacial score (nSPS) is 21.6. The van der Waals surface area contributed by atoms with Gasteiger partial charge in [0.25, 0.3) is 0 Å². The molecule has 0 heterocycles. The summed E-state index contributed by atoms with van der Waals surface area (Å²) >= 11 is 5.99. The van der Waals surface area contributed by atoms with E-state index in [0.29, 0.717) is 6.04 Å². The summed E-state index contributed by atoms with van der Waals surface area (Å²) in [5.41, 5.74) is 1.19. The maximum absolute atomic E-state index is 5.99. The van der Waals surface area contributed by atoms with Crippen LogP contribution >= 0.6 is 35.6 Å². The second-order valence-electron chi connectivity index (χ2n) is 5.00.